The van der Waals surface area contributed by atoms with E-state index in [-0.39, 0.29) is 0 Å². The zero-order valence-corrected chi connectivity index (χ0v) is 10.8. The van der Waals surface area contributed by atoms with Crippen LogP contribution >= 0.6 is 11.6 Å². The Hall–Kier alpha value is -1.24. The number of hydrogen-bond donors (Lipinski definition) is 2. The summed E-state index contributed by atoms with van der Waals surface area (Å²) < 4.78 is 0. The Bertz CT molecular complexity index is 412. The maximum Gasteiger partial charge on any atom is 0.101 e. The maximum absolute atomic E-state index is 9.73. The molecule has 1 atom stereocenters. The first-order valence-corrected chi connectivity index (χ1v) is 6.02. The molecule has 4 heteroatoms. The Morgan fingerprint density at radius 3 is 2.76 bits per heavy atom. The second-order valence-electron chi connectivity index (χ2n) is 4.47. The first-order valence-electron chi connectivity index (χ1n) is 5.64. The first kappa shape index (κ1) is 13.8. The smallest absolute Gasteiger partial charge is 0.101 e. The van der Waals surface area contributed by atoms with Gasteiger partial charge >= 0.3 is 0 Å². The number of hydrogen-bond acceptors (Lipinski definition) is 3. The van der Waals surface area contributed by atoms with Crippen LogP contribution in [0, 0.1) is 17.2 Å². The van der Waals surface area contributed by atoms with Gasteiger partial charge in [0.25, 0.3) is 0 Å². The lowest BCUT2D eigenvalue weighted by Crippen LogP contribution is -2.21. The van der Waals surface area contributed by atoms with Crippen LogP contribution in [0.2, 0.25) is 5.02 Å². The number of halogens is 1. The SMILES string of the molecule is CC(C)CC(O)CNc1ccc(Cl)cc1C#N. The summed E-state index contributed by atoms with van der Waals surface area (Å²) in [4.78, 5) is 0. The van der Waals surface area contributed by atoms with E-state index in [1.165, 1.54) is 0 Å². The van der Waals surface area contributed by atoms with Crippen LogP contribution in [0.3, 0.4) is 0 Å². The van der Waals surface area contributed by atoms with E-state index in [1.807, 2.05) is 0 Å². The van der Waals surface area contributed by atoms with Gasteiger partial charge in [-0.3, -0.25) is 0 Å². The summed E-state index contributed by atoms with van der Waals surface area (Å²) in [7, 11) is 0. The molecule has 0 bridgehead atoms. The van der Waals surface area contributed by atoms with Gasteiger partial charge in [-0.25, -0.2) is 0 Å². The highest BCUT2D eigenvalue weighted by molar-refractivity contribution is 6.30. The third-order valence-corrected chi connectivity index (χ3v) is 2.61. The highest BCUT2D eigenvalue weighted by Crippen LogP contribution is 2.20. The molecule has 92 valence electrons. The number of aliphatic hydroxyl groups excluding tert-OH is 1. The van der Waals surface area contributed by atoms with Crippen molar-refractivity contribution < 1.29 is 5.11 Å². The number of anilines is 1. The molecular weight excluding hydrogens is 236 g/mol. The minimum Gasteiger partial charge on any atom is -0.391 e. The highest BCUT2D eigenvalue weighted by atomic mass is 35.5. The third kappa shape index (κ3) is 4.64. The fraction of sp³-hybridized carbons (Fsp3) is 0.462. The van der Waals surface area contributed by atoms with Crippen molar-refractivity contribution in [3.8, 4) is 6.07 Å². The Balaban J connectivity index is 2.61. The molecule has 0 fully saturated rings. The third-order valence-electron chi connectivity index (χ3n) is 2.37. The first-order chi connectivity index (χ1) is 8.02. The zero-order valence-electron chi connectivity index (χ0n) is 10.1. The van der Waals surface area contributed by atoms with Crippen LogP contribution in [0.5, 0.6) is 0 Å². The number of nitrogens with one attached hydrogen (secondary N) is 1. The van der Waals surface area contributed by atoms with Gasteiger partial charge in [0.05, 0.1) is 17.4 Å². The van der Waals surface area contributed by atoms with E-state index in [0.29, 0.717) is 28.7 Å². The molecule has 1 rings (SSSR count). The molecule has 1 unspecified atom stereocenters. The second-order valence-corrected chi connectivity index (χ2v) is 4.90. The quantitative estimate of drug-likeness (QED) is 0.847. The summed E-state index contributed by atoms with van der Waals surface area (Å²) in [5.74, 6) is 0.451. The molecule has 0 saturated carbocycles. The number of nitrogens with zero attached hydrogens (tertiary/aromatic N) is 1. The Morgan fingerprint density at radius 1 is 1.47 bits per heavy atom. The maximum atomic E-state index is 9.73. The lowest BCUT2D eigenvalue weighted by Gasteiger charge is -2.15. The van der Waals surface area contributed by atoms with Crippen molar-refractivity contribution in [1.29, 1.82) is 5.26 Å². The van der Waals surface area contributed by atoms with E-state index in [0.717, 1.165) is 6.42 Å². The topological polar surface area (TPSA) is 56.0 Å². The van der Waals surface area contributed by atoms with Crippen molar-refractivity contribution >= 4 is 17.3 Å². The molecule has 0 amide bonds. The molecule has 3 nitrogen and oxygen atoms in total. The molecule has 0 heterocycles. The average molecular weight is 253 g/mol. The summed E-state index contributed by atoms with van der Waals surface area (Å²) in [5, 5.41) is 22.3. The molecule has 0 spiro atoms. The number of aliphatic hydroxyl groups is 1. The van der Waals surface area contributed by atoms with Gasteiger partial charge in [0, 0.05) is 11.6 Å². The number of nitriles is 1. The van der Waals surface area contributed by atoms with Crippen molar-refractivity contribution in [3.63, 3.8) is 0 Å². The van der Waals surface area contributed by atoms with Crippen molar-refractivity contribution in [1.82, 2.24) is 0 Å². The van der Waals surface area contributed by atoms with Crippen LogP contribution in [-0.4, -0.2) is 17.8 Å². The van der Waals surface area contributed by atoms with Crippen LogP contribution in [0.15, 0.2) is 18.2 Å². The Kier molecular flexibility index (Phi) is 5.27. The standard InChI is InChI=1S/C13H17ClN2O/c1-9(2)5-12(17)8-16-13-4-3-11(14)6-10(13)7-15/h3-4,6,9,12,16-17H,5,8H2,1-2H3. The fourth-order valence-corrected chi connectivity index (χ4v) is 1.79. The molecule has 0 aliphatic heterocycles. The van der Waals surface area contributed by atoms with Gasteiger partial charge in [0.15, 0.2) is 0 Å². The van der Waals surface area contributed by atoms with Gasteiger partial charge < -0.3 is 10.4 Å². The van der Waals surface area contributed by atoms with Crippen LogP contribution < -0.4 is 5.32 Å². The Morgan fingerprint density at radius 2 is 2.18 bits per heavy atom. The van der Waals surface area contributed by atoms with Gasteiger partial charge in [-0.15, -0.1) is 0 Å². The van der Waals surface area contributed by atoms with Crippen molar-refractivity contribution in [2.45, 2.75) is 26.4 Å². The van der Waals surface area contributed by atoms with Crippen LogP contribution in [0.4, 0.5) is 5.69 Å². The predicted molar refractivity (Wildman–Crippen MR) is 70.1 cm³/mol. The lowest BCUT2D eigenvalue weighted by atomic mass is 10.1. The normalized spacial score (nSPS) is 12.2. The van der Waals surface area contributed by atoms with E-state index < -0.39 is 6.10 Å². The van der Waals surface area contributed by atoms with Crippen molar-refractivity contribution in [2.75, 3.05) is 11.9 Å². The molecule has 1 aromatic rings. The van der Waals surface area contributed by atoms with Crippen LogP contribution in [0.25, 0.3) is 0 Å². The molecule has 0 aliphatic carbocycles. The van der Waals surface area contributed by atoms with E-state index >= 15 is 0 Å². The van der Waals surface area contributed by atoms with Gasteiger partial charge in [-0.1, -0.05) is 25.4 Å². The summed E-state index contributed by atoms with van der Waals surface area (Å²) in [6.07, 6.45) is 0.333. The van der Waals surface area contributed by atoms with Crippen molar-refractivity contribution in [2.24, 2.45) is 5.92 Å². The second kappa shape index (κ2) is 6.48. The molecule has 2 N–H and O–H groups in total. The number of benzene rings is 1. The summed E-state index contributed by atoms with van der Waals surface area (Å²) in [6.45, 7) is 4.56. The summed E-state index contributed by atoms with van der Waals surface area (Å²) >= 11 is 5.80. The largest absolute Gasteiger partial charge is 0.391 e. The van der Waals surface area contributed by atoms with Crippen LogP contribution in [-0.2, 0) is 0 Å². The van der Waals surface area contributed by atoms with Gasteiger partial charge in [-0.2, -0.15) is 5.26 Å². The summed E-state index contributed by atoms with van der Waals surface area (Å²) in [5.41, 5.74) is 1.20. The van der Waals surface area contributed by atoms with Gasteiger partial charge in [0.1, 0.15) is 6.07 Å². The minimum atomic E-state index is -0.405. The molecular formula is C13H17ClN2O. The molecule has 1 aromatic carbocycles. The van der Waals surface area contributed by atoms with Gasteiger partial charge in [0.2, 0.25) is 0 Å². The van der Waals surface area contributed by atoms with Crippen molar-refractivity contribution in [3.05, 3.63) is 28.8 Å². The highest BCUT2D eigenvalue weighted by Gasteiger charge is 2.08. The average Bonchev–Trinajstić information content (AvgIpc) is 2.26. The lowest BCUT2D eigenvalue weighted by molar-refractivity contribution is 0.161. The zero-order chi connectivity index (χ0) is 12.8. The monoisotopic (exact) mass is 252 g/mol. The van der Waals surface area contributed by atoms with Crippen LogP contribution in [0.1, 0.15) is 25.8 Å². The predicted octanol–water partition coefficient (Wildman–Crippen LogP) is 3.03. The number of rotatable bonds is 5. The fourth-order valence-electron chi connectivity index (χ4n) is 1.62. The molecule has 0 aliphatic rings. The van der Waals surface area contributed by atoms with Gasteiger partial charge in [-0.05, 0) is 30.5 Å². The van der Waals surface area contributed by atoms with E-state index in [1.54, 1.807) is 18.2 Å². The van der Waals surface area contributed by atoms with E-state index in [2.05, 4.69) is 25.2 Å². The van der Waals surface area contributed by atoms with E-state index in [9.17, 15) is 5.11 Å². The summed E-state index contributed by atoms with van der Waals surface area (Å²) in [6, 6.07) is 7.16. The van der Waals surface area contributed by atoms with E-state index in [4.69, 9.17) is 16.9 Å². The molecule has 17 heavy (non-hydrogen) atoms. The minimum absolute atomic E-state index is 0.405. The Labute approximate surface area is 107 Å². The molecule has 0 saturated heterocycles. The molecule has 0 aromatic heterocycles. The molecule has 0 radical (unpaired) electrons.